The van der Waals surface area contributed by atoms with E-state index in [0.717, 1.165) is 44.6 Å². The average molecular weight is 291 g/mol. The lowest BCUT2D eigenvalue weighted by Gasteiger charge is -2.24. The fourth-order valence-corrected chi connectivity index (χ4v) is 3.45. The predicted octanol–water partition coefficient (Wildman–Crippen LogP) is 1.38. The molecule has 1 aromatic heterocycles. The molecule has 2 atom stereocenters. The molecule has 116 valence electrons. The van der Waals surface area contributed by atoms with Gasteiger partial charge < -0.3 is 10.2 Å². The molecule has 3 rings (SSSR count). The molecular weight excluding hydrogens is 266 g/mol. The minimum atomic E-state index is 0.0459. The molecule has 2 aliphatic heterocycles. The van der Waals surface area contributed by atoms with E-state index in [1.807, 2.05) is 16.5 Å². The lowest BCUT2D eigenvalue weighted by Crippen LogP contribution is -2.36. The van der Waals surface area contributed by atoms with Crippen LogP contribution in [0.3, 0.4) is 0 Å². The van der Waals surface area contributed by atoms with Gasteiger partial charge in [0.15, 0.2) is 5.69 Å². The lowest BCUT2D eigenvalue weighted by molar-refractivity contribution is 0.0728. The fraction of sp³-hybridized carbons (Fsp3) is 0.800. The summed E-state index contributed by atoms with van der Waals surface area (Å²) in [4.78, 5) is 14.7. The summed E-state index contributed by atoms with van der Waals surface area (Å²) in [6.07, 6.45) is 3.18. The number of carbonyl (C=O) groups is 1. The first-order valence-corrected chi connectivity index (χ1v) is 8.03. The number of likely N-dealkylation sites (tertiary alicyclic amines) is 1. The summed E-state index contributed by atoms with van der Waals surface area (Å²) in [6.45, 7) is 9.15. The van der Waals surface area contributed by atoms with Gasteiger partial charge in [0.2, 0.25) is 0 Å². The molecule has 3 heterocycles. The maximum absolute atomic E-state index is 12.7. The largest absolute Gasteiger partial charge is 0.334 e. The second kappa shape index (κ2) is 5.75. The number of piperidine rings is 1. The third-order valence-electron chi connectivity index (χ3n) is 5.19. The number of nitrogens with zero attached hydrogens (tertiary/aromatic N) is 4. The average Bonchev–Trinajstić information content (AvgIpc) is 3.04. The summed E-state index contributed by atoms with van der Waals surface area (Å²) in [5, 5.41) is 11.8. The van der Waals surface area contributed by atoms with Crippen molar-refractivity contribution >= 4 is 5.91 Å². The third-order valence-corrected chi connectivity index (χ3v) is 5.19. The van der Waals surface area contributed by atoms with Crippen molar-refractivity contribution in [3.63, 3.8) is 0 Å². The van der Waals surface area contributed by atoms with Crippen LogP contribution in [-0.4, -0.2) is 51.5 Å². The first kappa shape index (κ1) is 14.5. The Kier molecular flexibility index (Phi) is 3.97. The van der Waals surface area contributed by atoms with E-state index in [4.69, 9.17) is 0 Å². The molecule has 1 aromatic rings. The first-order valence-electron chi connectivity index (χ1n) is 8.03. The van der Waals surface area contributed by atoms with E-state index in [1.165, 1.54) is 0 Å². The molecule has 0 spiro atoms. The van der Waals surface area contributed by atoms with Crippen molar-refractivity contribution < 1.29 is 4.79 Å². The molecule has 0 aromatic carbocycles. The van der Waals surface area contributed by atoms with E-state index < -0.39 is 0 Å². The molecule has 0 saturated carbocycles. The SMILES string of the molecule is Cc1c(C(=O)N2CCC(C)C2C)nnn1C1CCNCC1. The van der Waals surface area contributed by atoms with Crippen LogP contribution in [0.2, 0.25) is 0 Å². The second-order valence-electron chi connectivity index (χ2n) is 6.45. The van der Waals surface area contributed by atoms with E-state index >= 15 is 0 Å². The van der Waals surface area contributed by atoms with E-state index in [0.29, 0.717) is 23.7 Å². The van der Waals surface area contributed by atoms with Gasteiger partial charge in [-0.15, -0.1) is 5.10 Å². The van der Waals surface area contributed by atoms with Gasteiger partial charge in [-0.1, -0.05) is 12.1 Å². The Morgan fingerprint density at radius 2 is 1.95 bits per heavy atom. The van der Waals surface area contributed by atoms with Gasteiger partial charge in [-0.25, -0.2) is 4.68 Å². The molecule has 0 bridgehead atoms. The molecule has 2 aliphatic rings. The monoisotopic (exact) mass is 291 g/mol. The van der Waals surface area contributed by atoms with Crippen LogP contribution < -0.4 is 5.32 Å². The minimum absolute atomic E-state index is 0.0459. The van der Waals surface area contributed by atoms with Crippen LogP contribution in [0.25, 0.3) is 0 Å². The van der Waals surface area contributed by atoms with E-state index in [1.54, 1.807) is 0 Å². The zero-order valence-corrected chi connectivity index (χ0v) is 13.2. The molecular formula is C15H25N5O. The van der Waals surface area contributed by atoms with Gasteiger partial charge in [-0.05, 0) is 52.1 Å². The molecule has 0 aliphatic carbocycles. The highest BCUT2D eigenvalue weighted by Crippen LogP contribution is 2.26. The van der Waals surface area contributed by atoms with Crippen molar-refractivity contribution in [1.29, 1.82) is 0 Å². The number of carbonyl (C=O) groups excluding carboxylic acids is 1. The van der Waals surface area contributed by atoms with E-state index in [2.05, 4.69) is 29.5 Å². The van der Waals surface area contributed by atoms with Gasteiger partial charge >= 0.3 is 0 Å². The van der Waals surface area contributed by atoms with Crippen LogP contribution in [0.4, 0.5) is 0 Å². The Morgan fingerprint density at radius 1 is 1.24 bits per heavy atom. The number of nitrogens with one attached hydrogen (secondary N) is 1. The van der Waals surface area contributed by atoms with Crippen LogP contribution >= 0.6 is 0 Å². The maximum atomic E-state index is 12.7. The van der Waals surface area contributed by atoms with Gasteiger partial charge in [0.25, 0.3) is 5.91 Å². The van der Waals surface area contributed by atoms with Crippen molar-refractivity contribution in [1.82, 2.24) is 25.2 Å². The van der Waals surface area contributed by atoms with Crippen LogP contribution in [0.5, 0.6) is 0 Å². The van der Waals surface area contributed by atoms with Crippen molar-refractivity contribution in [3.05, 3.63) is 11.4 Å². The summed E-state index contributed by atoms with van der Waals surface area (Å²) in [7, 11) is 0. The summed E-state index contributed by atoms with van der Waals surface area (Å²) >= 11 is 0. The molecule has 1 amide bonds. The molecule has 21 heavy (non-hydrogen) atoms. The van der Waals surface area contributed by atoms with Crippen molar-refractivity contribution in [2.24, 2.45) is 5.92 Å². The normalized spacial score (nSPS) is 27.3. The summed E-state index contributed by atoms with van der Waals surface area (Å²) in [5.74, 6) is 0.609. The standard InChI is InChI=1S/C15H25N5O/c1-10-6-9-19(11(10)2)15(21)14-12(3)20(18-17-14)13-4-7-16-8-5-13/h10-11,13,16H,4-9H2,1-3H3. The first-order chi connectivity index (χ1) is 10.1. The van der Waals surface area contributed by atoms with Crippen molar-refractivity contribution in [2.75, 3.05) is 19.6 Å². The van der Waals surface area contributed by atoms with Crippen LogP contribution in [0.15, 0.2) is 0 Å². The Morgan fingerprint density at radius 3 is 2.57 bits per heavy atom. The highest BCUT2D eigenvalue weighted by atomic mass is 16.2. The van der Waals surface area contributed by atoms with Gasteiger partial charge in [0.05, 0.1) is 11.7 Å². The second-order valence-corrected chi connectivity index (χ2v) is 6.45. The highest BCUT2D eigenvalue weighted by Gasteiger charge is 2.34. The molecule has 6 heteroatoms. The quantitative estimate of drug-likeness (QED) is 0.894. The fourth-order valence-electron chi connectivity index (χ4n) is 3.45. The highest BCUT2D eigenvalue weighted by molar-refractivity contribution is 5.93. The number of rotatable bonds is 2. The summed E-state index contributed by atoms with van der Waals surface area (Å²) in [5.41, 5.74) is 1.45. The summed E-state index contributed by atoms with van der Waals surface area (Å²) in [6, 6.07) is 0.663. The molecule has 2 fully saturated rings. The lowest BCUT2D eigenvalue weighted by atomic mass is 10.1. The predicted molar refractivity (Wildman–Crippen MR) is 80.2 cm³/mol. The van der Waals surface area contributed by atoms with Crippen LogP contribution in [0.1, 0.15) is 55.3 Å². The van der Waals surface area contributed by atoms with E-state index in [9.17, 15) is 4.79 Å². The zero-order valence-electron chi connectivity index (χ0n) is 13.2. The Hall–Kier alpha value is -1.43. The van der Waals surface area contributed by atoms with Crippen molar-refractivity contribution in [3.8, 4) is 0 Å². The Balaban J connectivity index is 1.80. The van der Waals surface area contributed by atoms with Gasteiger partial charge in [-0.3, -0.25) is 4.79 Å². The molecule has 2 saturated heterocycles. The van der Waals surface area contributed by atoms with Gasteiger partial charge in [-0.2, -0.15) is 0 Å². The molecule has 6 nitrogen and oxygen atoms in total. The number of hydrogen-bond acceptors (Lipinski definition) is 4. The maximum Gasteiger partial charge on any atom is 0.276 e. The van der Waals surface area contributed by atoms with E-state index in [-0.39, 0.29) is 5.91 Å². The van der Waals surface area contributed by atoms with Gasteiger partial charge in [0.1, 0.15) is 0 Å². The Labute approximate surface area is 125 Å². The van der Waals surface area contributed by atoms with Gasteiger partial charge in [0, 0.05) is 12.6 Å². The summed E-state index contributed by atoms with van der Waals surface area (Å²) < 4.78 is 1.96. The van der Waals surface area contributed by atoms with Crippen LogP contribution in [0, 0.1) is 12.8 Å². The number of amides is 1. The number of aromatic nitrogens is 3. The zero-order chi connectivity index (χ0) is 15.0. The Bertz CT molecular complexity index is 520. The number of hydrogen-bond donors (Lipinski definition) is 1. The topological polar surface area (TPSA) is 63.1 Å². The van der Waals surface area contributed by atoms with Crippen LogP contribution in [-0.2, 0) is 0 Å². The molecule has 0 radical (unpaired) electrons. The smallest absolute Gasteiger partial charge is 0.276 e. The minimum Gasteiger partial charge on any atom is -0.334 e. The third kappa shape index (κ3) is 2.57. The molecule has 2 unspecified atom stereocenters. The van der Waals surface area contributed by atoms with Crippen molar-refractivity contribution in [2.45, 2.75) is 52.1 Å². The molecule has 1 N–H and O–H groups in total.